The lowest BCUT2D eigenvalue weighted by atomic mass is 10.1. The Bertz CT molecular complexity index is 835. The predicted molar refractivity (Wildman–Crippen MR) is 101 cm³/mol. The molecule has 0 fully saturated rings. The van der Waals surface area contributed by atoms with Crippen LogP contribution in [0.15, 0.2) is 41.5 Å². The van der Waals surface area contributed by atoms with Crippen LogP contribution in [0.5, 0.6) is 23.0 Å². The van der Waals surface area contributed by atoms with Crippen LogP contribution in [0.2, 0.25) is 0 Å². The molecule has 0 atom stereocenters. The van der Waals surface area contributed by atoms with Gasteiger partial charge in [-0.15, -0.1) is 0 Å². The molecule has 1 aliphatic rings. The summed E-state index contributed by atoms with van der Waals surface area (Å²) in [6, 6.07) is 10.9. The van der Waals surface area contributed by atoms with Gasteiger partial charge < -0.3 is 18.9 Å². The number of hydrogen-bond acceptors (Lipinski definition) is 6. The third kappa shape index (κ3) is 4.91. The van der Waals surface area contributed by atoms with E-state index in [0.29, 0.717) is 30.5 Å². The van der Waals surface area contributed by atoms with Gasteiger partial charge in [0.15, 0.2) is 11.5 Å². The highest BCUT2D eigenvalue weighted by Crippen LogP contribution is 2.32. The van der Waals surface area contributed by atoms with Crippen molar-refractivity contribution in [2.45, 2.75) is 20.3 Å². The van der Waals surface area contributed by atoms with E-state index >= 15 is 0 Å². The molecule has 0 saturated carbocycles. The average molecular weight is 370 g/mol. The first-order chi connectivity index (χ1) is 13.2. The van der Waals surface area contributed by atoms with Crippen molar-refractivity contribution >= 4 is 12.1 Å². The zero-order valence-electron chi connectivity index (χ0n) is 15.4. The van der Waals surface area contributed by atoms with Crippen LogP contribution in [0, 0.1) is 0 Å². The zero-order chi connectivity index (χ0) is 19.1. The molecule has 0 saturated heterocycles. The Morgan fingerprint density at radius 3 is 2.74 bits per heavy atom. The molecule has 1 aliphatic heterocycles. The average Bonchev–Trinajstić information content (AvgIpc) is 3.12. The molecule has 1 N–H and O–H groups in total. The number of carbonyl (C=O) groups excluding carboxylic acids is 1. The van der Waals surface area contributed by atoms with Gasteiger partial charge in [0.25, 0.3) is 0 Å². The van der Waals surface area contributed by atoms with Gasteiger partial charge in [0, 0.05) is 11.6 Å². The summed E-state index contributed by atoms with van der Waals surface area (Å²) >= 11 is 0. The molecule has 142 valence electrons. The van der Waals surface area contributed by atoms with E-state index in [1.54, 1.807) is 18.3 Å². The van der Waals surface area contributed by atoms with Crippen molar-refractivity contribution in [2.75, 3.05) is 20.0 Å². The summed E-state index contributed by atoms with van der Waals surface area (Å²) in [6.45, 7) is 5.13. The molecule has 0 aromatic heterocycles. The Hall–Kier alpha value is -3.22. The number of fused-ring (bicyclic) bond motifs is 1. The summed E-state index contributed by atoms with van der Waals surface area (Å²) in [5.41, 5.74) is 4.10. The van der Waals surface area contributed by atoms with E-state index in [0.717, 1.165) is 16.9 Å². The second-order valence-corrected chi connectivity index (χ2v) is 5.72. The molecule has 2 aromatic rings. The molecule has 7 heteroatoms. The van der Waals surface area contributed by atoms with Crippen molar-refractivity contribution in [3.63, 3.8) is 0 Å². The smallest absolute Gasteiger partial charge is 0.244 e. The molecule has 2 aromatic carbocycles. The first-order valence-corrected chi connectivity index (χ1v) is 8.79. The Balaban J connectivity index is 1.60. The van der Waals surface area contributed by atoms with E-state index in [2.05, 4.69) is 10.5 Å². The number of nitrogens with one attached hydrogen (secondary N) is 1. The molecule has 0 bridgehead atoms. The molecular weight excluding hydrogens is 348 g/mol. The van der Waals surface area contributed by atoms with E-state index in [4.69, 9.17) is 18.9 Å². The Morgan fingerprint density at radius 2 is 1.93 bits per heavy atom. The lowest BCUT2D eigenvalue weighted by Gasteiger charge is -2.10. The van der Waals surface area contributed by atoms with Gasteiger partial charge in [-0.3, -0.25) is 4.79 Å². The second-order valence-electron chi connectivity index (χ2n) is 5.72. The standard InChI is InChI=1S/C20H22N2O5/c1-3-24-16-7-6-15(18(11-16)25-4-2)12-21-22-20(23)10-14-5-8-17-19(9-14)27-13-26-17/h5-9,11-12H,3-4,10,13H2,1-2H3,(H,22,23)/b21-12-. The number of rotatable bonds is 8. The second kappa shape index (κ2) is 8.93. The highest BCUT2D eigenvalue weighted by atomic mass is 16.7. The van der Waals surface area contributed by atoms with Gasteiger partial charge in [0.05, 0.1) is 25.8 Å². The zero-order valence-corrected chi connectivity index (χ0v) is 15.4. The summed E-state index contributed by atoms with van der Waals surface area (Å²) in [7, 11) is 0. The normalized spacial score (nSPS) is 12.2. The first-order valence-electron chi connectivity index (χ1n) is 8.79. The van der Waals surface area contributed by atoms with Crippen LogP contribution < -0.4 is 24.4 Å². The van der Waals surface area contributed by atoms with Gasteiger partial charge in [-0.2, -0.15) is 5.10 Å². The minimum Gasteiger partial charge on any atom is -0.494 e. The SMILES string of the molecule is CCOc1ccc(/C=N\NC(=O)Cc2ccc3c(c2)OCO3)c(OCC)c1. The number of amides is 1. The number of ether oxygens (including phenoxy) is 4. The number of benzene rings is 2. The van der Waals surface area contributed by atoms with E-state index in [1.807, 2.05) is 38.1 Å². The number of carbonyl (C=O) groups is 1. The fraction of sp³-hybridized carbons (Fsp3) is 0.300. The maximum absolute atomic E-state index is 12.1. The molecule has 27 heavy (non-hydrogen) atoms. The molecule has 1 amide bonds. The van der Waals surface area contributed by atoms with Crippen LogP contribution in [0.1, 0.15) is 25.0 Å². The maximum Gasteiger partial charge on any atom is 0.244 e. The van der Waals surface area contributed by atoms with Crippen LogP contribution in [0.25, 0.3) is 0 Å². The number of nitrogens with zero attached hydrogens (tertiary/aromatic N) is 1. The molecule has 0 aliphatic carbocycles. The van der Waals surface area contributed by atoms with Gasteiger partial charge in [-0.05, 0) is 43.7 Å². The quantitative estimate of drug-likeness (QED) is 0.571. The Labute approximate surface area is 157 Å². The molecule has 0 unspecified atom stereocenters. The highest BCUT2D eigenvalue weighted by molar-refractivity contribution is 5.86. The topological polar surface area (TPSA) is 78.4 Å². The van der Waals surface area contributed by atoms with Gasteiger partial charge in [0.2, 0.25) is 12.7 Å². The van der Waals surface area contributed by atoms with Gasteiger partial charge in [-0.1, -0.05) is 6.07 Å². The lowest BCUT2D eigenvalue weighted by Crippen LogP contribution is -2.19. The molecule has 0 radical (unpaired) electrons. The first kappa shape index (κ1) is 18.6. The molecular formula is C20H22N2O5. The third-order valence-corrected chi connectivity index (χ3v) is 3.79. The van der Waals surface area contributed by atoms with E-state index in [-0.39, 0.29) is 19.1 Å². The van der Waals surface area contributed by atoms with Crippen LogP contribution in [0.4, 0.5) is 0 Å². The summed E-state index contributed by atoms with van der Waals surface area (Å²) < 4.78 is 21.7. The van der Waals surface area contributed by atoms with Crippen LogP contribution in [0.3, 0.4) is 0 Å². The lowest BCUT2D eigenvalue weighted by molar-refractivity contribution is -0.120. The molecule has 3 rings (SSSR count). The van der Waals surface area contributed by atoms with E-state index in [9.17, 15) is 4.79 Å². The largest absolute Gasteiger partial charge is 0.494 e. The summed E-state index contributed by atoms with van der Waals surface area (Å²) in [5, 5.41) is 4.03. The van der Waals surface area contributed by atoms with E-state index in [1.165, 1.54) is 0 Å². The Morgan fingerprint density at radius 1 is 1.11 bits per heavy atom. The fourth-order valence-electron chi connectivity index (χ4n) is 2.61. The number of hydrogen-bond donors (Lipinski definition) is 1. The fourth-order valence-corrected chi connectivity index (χ4v) is 2.61. The maximum atomic E-state index is 12.1. The summed E-state index contributed by atoms with van der Waals surface area (Å²) in [5.74, 6) is 2.49. The van der Waals surface area contributed by atoms with Crippen molar-refractivity contribution in [3.05, 3.63) is 47.5 Å². The van der Waals surface area contributed by atoms with Gasteiger partial charge in [-0.25, -0.2) is 5.43 Å². The van der Waals surface area contributed by atoms with Gasteiger partial charge >= 0.3 is 0 Å². The minimum absolute atomic E-state index is 0.190. The number of hydrazone groups is 1. The monoisotopic (exact) mass is 370 g/mol. The third-order valence-electron chi connectivity index (χ3n) is 3.79. The van der Waals surface area contributed by atoms with Crippen molar-refractivity contribution in [1.29, 1.82) is 0 Å². The summed E-state index contributed by atoms with van der Waals surface area (Å²) in [6.07, 6.45) is 1.74. The van der Waals surface area contributed by atoms with Gasteiger partial charge in [0.1, 0.15) is 11.5 Å². The van der Waals surface area contributed by atoms with Crippen LogP contribution >= 0.6 is 0 Å². The van der Waals surface area contributed by atoms with E-state index < -0.39 is 0 Å². The van der Waals surface area contributed by atoms with Crippen LogP contribution in [-0.2, 0) is 11.2 Å². The minimum atomic E-state index is -0.228. The van der Waals surface area contributed by atoms with Crippen LogP contribution in [-0.4, -0.2) is 32.1 Å². The van der Waals surface area contributed by atoms with Crippen molar-refractivity contribution in [3.8, 4) is 23.0 Å². The van der Waals surface area contributed by atoms with Crippen molar-refractivity contribution in [1.82, 2.24) is 5.43 Å². The predicted octanol–water partition coefficient (Wildman–Crippen LogP) is 2.91. The molecule has 0 spiro atoms. The van der Waals surface area contributed by atoms with Crippen molar-refractivity contribution in [2.24, 2.45) is 5.10 Å². The molecule has 1 heterocycles. The highest BCUT2D eigenvalue weighted by Gasteiger charge is 2.14. The van der Waals surface area contributed by atoms with Crippen molar-refractivity contribution < 1.29 is 23.7 Å². The molecule has 7 nitrogen and oxygen atoms in total. The Kier molecular flexibility index (Phi) is 6.14. The summed E-state index contributed by atoms with van der Waals surface area (Å²) in [4.78, 5) is 12.1.